The first-order chi connectivity index (χ1) is 9.72. The predicted molar refractivity (Wildman–Crippen MR) is 93.8 cm³/mol. The lowest BCUT2D eigenvalue weighted by Crippen LogP contribution is -2.23. The summed E-state index contributed by atoms with van der Waals surface area (Å²) in [4.78, 5) is 8.38. The number of fused-ring (bicyclic) bond motifs is 1. The number of aryl methyl sites for hydroxylation is 3. The first-order valence-corrected chi connectivity index (χ1v) is 6.74. The molecule has 3 rings (SSSR count). The number of rotatable bonds is 3. The number of guanidine groups is 1. The van der Waals surface area contributed by atoms with Gasteiger partial charge in [0.05, 0.1) is 0 Å². The van der Waals surface area contributed by atoms with Crippen LogP contribution >= 0.6 is 24.0 Å². The van der Waals surface area contributed by atoms with Crippen molar-refractivity contribution in [2.45, 2.75) is 25.8 Å². The number of nitrogens with two attached hydrogens (primary N) is 1. The molecular formula is C14H19IN6. The maximum atomic E-state index is 5.90. The molecule has 0 fully saturated rings. The molecule has 6 nitrogen and oxygen atoms in total. The van der Waals surface area contributed by atoms with Crippen LogP contribution in [0.4, 0.5) is 5.69 Å². The summed E-state index contributed by atoms with van der Waals surface area (Å²) >= 11 is 0. The van der Waals surface area contributed by atoms with Crippen LogP contribution in [0.2, 0.25) is 0 Å². The molecule has 7 heteroatoms. The summed E-state index contributed by atoms with van der Waals surface area (Å²) in [7, 11) is 1.84. The summed E-state index contributed by atoms with van der Waals surface area (Å²) in [6.07, 6.45) is 5.09. The average Bonchev–Trinajstić information content (AvgIpc) is 3.04. The lowest BCUT2D eigenvalue weighted by molar-refractivity contribution is 0.702. The molecule has 112 valence electrons. The highest BCUT2D eigenvalue weighted by Gasteiger charge is 2.10. The number of hydrogen-bond donors (Lipinski definition) is 2. The Bertz CT molecular complexity index is 649. The highest BCUT2D eigenvalue weighted by atomic mass is 127. The van der Waals surface area contributed by atoms with Gasteiger partial charge in [0.1, 0.15) is 18.7 Å². The summed E-state index contributed by atoms with van der Waals surface area (Å²) < 4.78 is 1.69. The molecule has 1 heterocycles. The Morgan fingerprint density at radius 2 is 2.19 bits per heavy atom. The van der Waals surface area contributed by atoms with Gasteiger partial charge < -0.3 is 11.1 Å². The van der Waals surface area contributed by atoms with Crippen molar-refractivity contribution in [3.8, 4) is 0 Å². The van der Waals surface area contributed by atoms with E-state index in [-0.39, 0.29) is 24.0 Å². The van der Waals surface area contributed by atoms with E-state index in [0.29, 0.717) is 12.5 Å². The van der Waals surface area contributed by atoms with Gasteiger partial charge >= 0.3 is 0 Å². The van der Waals surface area contributed by atoms with Gasteiger partial charge in [-0.25, -0.2) is 9.98 Å². The first kappa shape index (κ1) is 15.7. The highest BCUT2D eigenvalue weighted by Crippen LogP contribution is 2.24. The van der Waals surface area contributed by atoms with Crippen LogP contribution in [0.5, 0.6) is 0 Å². The van der Waals surface area contributed by atoms with Gasteiger partial charge in [0.25, 0.3) is 0 Å². The van der Waals surface area contributed by atoms with Crippen molar-refractivity contribution in [3.63, 3.8) is 0 Å². The minimum absolute atomic E-state index is 0. The van der Waals surface area contributed by atoms with Crippen LogP contribution in [-0.2, 0) is 26.4 Å². The van der Waals surface area contributed by atoms with Crippen molar-refractivity contribution in [2.24, 2.45) is 17.8 Å². The van der Waals surface area contributed by atoms with E-state index in [0.717, 1.165) is 17.9 Å². The van der Waals surface area contributed by atoms with Gasteiger partial charge in [-0.15, -0.1) is 24.0 Å². The van der Waals surface area contributed by atoms with Crippen LogP contribution < -0.4 is 11.1 Å². The topological polar surface area (TPSA) is 81.1 Å². The van der Waals surface area contributed by atoms with Crippen LogP contribution in [0, 0.1) is 0 Å². The van der Waals surface area contributed by atoms with Gasteiger partial charge in [-0.05, 0) is 42.5 Å². The van der Waals surface area contributed by atoms with Gasteiger partial charge in [0.2, 0.25) is 0 Å². The number of hydrogen-bond acceptors (Lipinski definition) is 3. The van der Waals surface area contributed by atoms with Crippen molar-refractivity contribution < 1.29 is 0 Å². The number of nitrogens with one attached hydrogen (secondary N) is 1. The molecule has 0 unspecified atom stereocenters. The fourth-order valence-electron chi connectivity index (χ4n) is 2.46. The van der Waals surface area contributed by atoms with E-state index in [4.69, 9.17) is 5.73 Å². The van der Waals surface area contributed by atoms with Crippen molar-refractivity contribution in [1.29, 1.82) is 0 Å². The minimum atomic E-state index is 0. The highest BCUT2D eigenvalue weighted by molar-refractivity contribution is 14.0. The van der Waals surface area contributed by atoms with E-state index in [2.05, 4.69) is 38.6 Å². The lowest BCUT2D eigenvalue weighted by Gasteiger charge is -2.07. The Balaban J connectivity index is 0.00000161. The van der Waals surface area contributed by atoms with Crippen molar-refractivity contribution in [2.75, 3.05) is 5.32 Å². The third-order valence-corrected chi connectivity index (χ3v) is 3.57. The lowest BCUT2D eigenvalue weighted by atomic mass is 10.1. The second kappa shape index (κ2) is 6.88. The molecular weight excluding hydrogens is 379 g/mol. The van der Waals surface area contributed by atoms with Crippen molar-refractivity contribution >= 4 is 35.6 Å². The van der Waals surface area contributed by atoms with Crippen LogP contribution in [0.1, 0.15) is 23.4 Å². The largest absolute Gasteiger partial charge is 0.370 e. The van der Waals surface area contributed by atoms with E-state index >= 15 is 0 Å². The molecule has 0 radical (unpaired) electrons. The third kappa shape index (κ3) is 3.72. The summed E-state index contributed by atoms with van der Waals surface area (Å²) in [6, 6.07) is 6.38. The third-order valence-electron chi connectivity index (χ3n) is 3.57. The van der Waals surface area contributed by atoms with Gasteiger partial charge in [-0.3, -0.25) is 4.68 Å². The quantitative estimate of drug-likeness (QED) is 0.470. The number of halogens is 1. The molecule has 3 N–H and O–H groups in total. The van der Waals surface area contributed by atoms with E-state index in [9.17, 15) is 0 Å². The Kier molecular flexibility index (Phi) is 5.16. The number of nitrogens with zero attached hydrogens (tertiary/aromatic N) is 4. The summed E-state index contributed by atoms with van der Waals surface area (Å²) in [5, 5.41) is 7.12. The van der Waals surface area contributed by atoms with Crippen LogP contribution in [0.25, 0.3) is 0 Å². The molecule has 1 aliphatic rings. The Labute approximate surface area is 140 Å². The second-order valence-electron chi connectivity index (χ2n) is 4.96. The Hall–Kier alpha value is -1.64. The zero-order chi connectivity index (χ0) is 13.9. The van der Waals surface area contributed by atoms with Crippen molar-refractivity contribution in [1.82, 2.24) is 14.8 Å². The Morgan fingerprint density at radius 3 is 2.95 bits per heavy atom. The van der Waals surface area contributed by atoms with E-state index < -0.39 is 0 Å². The molecule has 0 saturated heterocycles. The van der Waals surface area contributed by atoms with Crippen molar-refractivity contribution in [3.05, 3.63) is 41.5 Å². The molecule has 2 aromatic rings. The maximum absolute atomic E-state index is 5.90. The molecule has 0 bridgehead atoms. The minimum Gasteiger partial charge on any atom is -0.370 e. The van der Waals surface area contributed by atoms with E-state index in [1.165, 1.54) is 30.3 Å². The SMILES string of the molecule is Cn1ncnc1CN=C(N)Nc1ccc2c(c1)CCC2.I. The zero-order valence-corrected chi connectivity index (χ0v) is 14.2. The first-order valence-electron chi connectivity index (χ1n) is 6.74. The Morgan fingerprint density at radius 1 is 1.38 bits per heavy atom. The molecule has 1 aliphatic carbocycles. The number of benzene rings is 1. The van der Waals surface area contributed by atoms with Crippen LogP contribution in [0.3, 0.4) is 0 Å². The second-order valence-corrected chi connectivity index (χ2v) is 4.96. The summed E-state index contributed by atoms with van der Waals surface area (Å²) in [5.41, 5.74) is 9.75. The van der Waals surface area contributed by atoms with Crippen LogP contribution in [0.15, 0.2) is 29.5 Å². The molecule has 0 saturated carbocycles. The normalized spacial score (nSPS) is 13.7. The summed E-state index contributed by atoms with van der Waals surface area (Å²) in [6.45, 7) is 0.417. The fraction of sp³-hybridized carbons (Fsp3) is 0.357. The van der Waals surface area contributed by atoms with Crippen LogP contribution in [-0.4, -0.2) is 20.7 Å². The average molecular weight is 398 g/mol. The molecule has 0 spiro atoms. The van der Waals surface area contributed by atoms with Gasteiger partial charge in [0, 0.05) is 12.7 Å². The molecule has 0 aliphatic heterocycles. The van der Waals surface area contributed by atoms with E-state index in [1.54, 1.807) is 4.68 Å². The molecule has 0 amide bonds. The summed E-state index contributed by atoms with van der Waals surface area (Å²) in [5.74, 6) is 1.18. The molecule has 1 aromatic heterocycles. The molecule has 21 heavy (non-hydrogen) atoms. The monoisotopic (exact) mass is 398 g/mol. The standard InChI is InChI=1S/C14H18N6.HI/c1-20-13(17-9-18-20)8-16-14(15)19-12-6-5-10-3-2-4-11(10)7-12;/h5-7,9H,2-4,8H2,1H3,(H3,15,16,19);1H. The number of aromatic nitrogens is 3. The van der Waals surface area contributed by atoms with Gasteiger partial charge in [-0.2, -0.15) is 5.10 Å². The number of aliphatic imine (C=N–C) groups is 1. The van der Waals surface area contributed by atoms with Gasteiger partial charge in [-0.1, -0.05) is 6.07 Å². The fourth-order valence-corrected chi connectivity index (χ4v) is 2.46. The molecule has 1 aromatic carbocycles. The molecule has 0 atom stereocenters. The van der Waals surface area contributed by atoms with E-state index in [1.807, 2.05) is 7.05 Å². The number of anilines is 1. The zero-order valence-electron chi connectivity index (χ0n) is 11.9. The predicted octanol–water partition coefficient (Wildman–Crippen LogP) is 1.85. The van der Waals surface area contributed by atoms with Gasteiger partial charge in [0.15, 0.2) is 5.96 Å². The maximum Gasteiger partial charge on any atom is 0.193 e. The smallest absolute Gasteiger partial charge is 0.193 e.